The first-order valence-corrected chi connectivity index (χ1v) is 26.0. The van der Waals surface area contributed by atoms with Crippen LogP contribution in [0.4, 0.5) is 11.4 Å². The number of anilines is 2. The van der Waals surface area contributed by atoms with Gasteiger partial charge in [-0.25, -0.2) is 31.6 Å². The number of hydrogen-bond donors (Lipinski definition) is 5. The van der Waals surface area contributed by atoms with E-state index >= 15 is 0 Å². The average Bonchev–Trinajstić information content (AvgIpc) is 3.29. The van der Waals surface area contributed by atoms with Gasteiger partial charge in [0.25, 0.3) is 5.91 Å². The number of nitrogens with two attached hydrogens (primary N) is 1. The second-order valence-electron chi connectivity index (χ2n) is 17.2. The molecule has 8 rings (SSSR count). The summed E-state index contributed by atoms with van der Waals surface area (Å²) in [4.78, 5) is 34.7. The molecule has 2 fully saturated rings. The summed E-state index contributed by atoms with van der Waals surface area (Å²) < 4.78 is 53.0. The van der Waals surface area contributed by atoms with Crippen LogP contribution < -0.4 is 20.5 Å². The molecule has 6 N–H and O–H groups in total. The zero-order valence-corrected chi connectivity index (χ0v) is 39.1. The highest BCUT2D eigenvalue weighted by Crippen LogP contribution is 2.37. The molecule has 0 spiro atoms. The first-order valence-electron chi connectivity index (χ1n) is 22.2. The lowest BCUT2D eigenvalue weighted by Crippen LogP contribution is -2.39. The minimum atomic E-state index is -3.69. The fourth-order valence-electron chi connectivity index (χ4n) is 8.75. The lowest BCUT2D eigenvalue weighted by atomic mass is 9.84. The Kier molecular flexibility index (Phi) is 16.3. The number of sulfonamides is 2. The van der Waals surface area contributed by atoms with E-state index in [0.717, 1.165) is 36.8 Å². The van der Waals surface area contributed by atoms with Crippen LogP contribution in [0, 0.1) is 11.8 Å². The van der Waals surface area contributed by atoms with E-state index < -0.39 is 26.0 Å². The number of rotatable bonds is 11. The highest BCUT2D eigenvalue weighted by atomic mass is 32.2. The molecular formula is C50H60N6O7S2. The number of carbonyl (C=O) groups excluding carboxylic acids is 1. The third-order valence-corrected chi connectivity index (χ3v) is 13.2. The van der Waals surface area contributed by atoms with Crippen LogP contribution in [0.2, 0.25) is 0 Å². The molecular weight excluding hydrogens is 861 g/mol. The van der Waals surface area contributed by atoms with Crippen LogP contribution in [0.25, 0.3) is 44.3 Å². The van der Waals surface area contributed by atoms with E-state index in [-0.39, 0.29) is 34.6 Å². The van der Waals surface area contributed by atoms with Gasteiger partial charge in [0.15, 0.2) is 0 Å². The van der Waals surface area contributed by atoms with Gasteiger partial charge in [-0.3, -0.25) is 14.2 Å². The second kappa shape index (κ2) is 21.9. The molecule has 4 aromatic carbocycles. The summed E-state index contributed by atoms with van der Waals surface area (Å²) >= 11 is 0. The molecule has 0 radical (unpaired) electrons. The molecule has 2 atom stereocenters. The maximum atomic E-state index is 13.6. The van der Waals surface area contributed by atoms with E-state index in [1.165, 1.54) is 51.4 Å². The molecule has 2 aliphatic rings. The normalized spacial score (nSPS) is 15.6. The maximum absolute atomic E-state index is 13.6. The van der Waals surface area contributed by atoms with Crippen molar-refractivity contribution in [1.29, 1.82) is 0 Å². The third kappa shape index (κ3) is 13.1. The fraction of sp³-hybridized carbons (Fsp3) is 0.360. The molecule has 344 valence electrons. The van der Waals surface area contributed by atoms with Crippen molar-refractivity contribution in [3.8, 4) is 22.5 Å². The van der Waals surface area contributed by atoms with Crippen LogP contribution in [0.15, 0.2) is 109 Å². The molecule has 0 saturated heterocycles. The lowest BCUT2D eigenvalue weighted by molar-refractivity contribution is 0.0699. The van der Waals surface area contributed by atoms with Crippen molar-refractivity contribution in [2.24, 2.45) is 17.6 Å². The number of fused-ring (bicyclic) bond motifs is 2. The number of hydrogen-bond acceptors (Lipinski definition) is 9. The molecule has 65 heavy (non-hydrogen) atoms. The van der Waals surface area contributed by atoms with E-state index in [0.29, 0.717) is 50.6 Å². The molecule has 0 bridgehead atoms. The second-order valence-corrected chi connectivity index (χ2v) is 20.7. The molecule has 0 unspecified atom stereocenters. The number of nitrogens with zero attached hydrogens (tertiary/aromatic N) is 2. The predicted molar refractivity (Wildman–Crippen MR) is 262 cm³/mol. The minimum Gasteiger partial charge on any atom is -0.478 e. The maximum Gasteiger partial charge on any atom is 0.338 e. The SMILES string of the molecule is CS(=O)(=O)Nc1c(-c2ccccc2)nc2ccccc2c1C(=O)O.C[C@H](N)C1CCCCC1.C[C@H](NC(=O)c1c(NS(C)(=O)=O)c(-c2ccccc2)nc2ccccc12)C1CCCCC1. The van der Waals surface area contributed by atoms with Gasteiger partial charge < -0.3 is 16.2 Å². The Hall–Kier alpha value is -5.90. The number of aromatic carboxylic acids is 1. The highest BCUT2D eigenvalue weighted by Gasteiger charge is 2.28. The molecule has 0 aliphatic heterocycles. The number of para-hydroxylation sites is 2. The van der Waals surface area contributed by atoms with Crippen LogP contribution in [0.1, 0.15) is 98.8 Å². The average molecular weight is 921 g/mol. The number of carbonyl (C=O) groups is 2. The highest BCUT2D eigenvalue weighted by molar-refractivity contribution is 7.92. The van der Waals surface area contributed by atoms with Crippen LogP contribution in [-0.4, -0.2) is 68.4 Å². The van der Waals surface area contributed by atoms with Gasteiger partial charge in [0.1, 0.15) is 0 Å². The van der Waals surface area contributed by atoms with Crippen molar-refractivity contribution in [1.82, 2.24) is 15.3 Å². The summed E-state index contributed by atoms with van der Waals surface area (Å²) in [6, 6.07) is 32.7. The Bertz CT molecular complexity index is 2810. The van der Waals surface area contributed by atoms with E-state index in [4.69, 9.17) is 10.7 Å². The monoisotopic (exact) mass is 920 g/mol. The number of aromatic nitrogens is 2. The first-order chi connectivity index (χ1) is 31.0. The number of carboxylic acid groups (broad SMARTS) is 1. The van der Waals surface area contributed by atoms with Crippen molar-refractivity contribution in [3.05, 3.63) is 120 Å². The van der Waals surface area contributed by atoms with E-state index in [1.54, 1.807) is 48.5 Å². The third-order valence-electron chi connectivity index (χ3n) is 12.0. The summed E-state index contributed by atoms with van der Waals surface area (Å²) in [5.41, 5.74) is 9.32. The van der Waals surface area contributed by atoms with E-state index in [9.17, 15) is 31.5 Å². The molecule has 13 nitrogen and oxygen atoms in total. The Balaban J connectivity index is 0.000000186. The van der Waals surface area contributed by atoms with Gasteiger partial charge in [0.2, 0.25) is 20.0 Å². The minimum absolute atomic E-state index is 0.000913. The summed E-state index contributed by atoms with van der Waals surface area (Å²) in [7, 11) is -7.34. The predicted octanol–water partition coefficient (Wildman–Crippen LogP) is 9.86. The van der Waals surface area contributed by atoms with Crippen molar-refractivity contribution >= 4 is 65.1 Å². The molecule has 2 saturated carbocycles. The molecule has 15 heteroatoms. The standard InChI is InChI=1S/C25H29N3O3S.C17H14N2O4S.C8H17N/c1-17(18-11-5-3-6-12-18)26-25(29)22-20-15-9-10-16-21(20)27-23(19-13-7-4-8-14-19)24(22)28-32(2,30)31;1-24(22,23)19-16-14(17(20)21)12-9-5-6-10-13(12)18-15(16)11-7-3-2-4-8-11;1-7(9)8-5-3-2-4-6-8/h4,7-10,13-18,28H,3,5-6,11-12H2,1-2H3,(H,26,29);2-10,19H,1H3,(H,20,21);7-8H,2-6,9H2,1H3/t17-;;7-/m0.0/s1. The number of nitrogens with one attached hydrogen (secondary N) is 3. The number of pyridine rings is 2. The quantitative estimate of drug-likeness (QED) is 0.0830. The van der Waals surface area contributed by atoms with Crippen molar-refractivity contribution in [3.63, 3.8) is 0 Å². The Labute approximate surface area is 382 Å². The summed E-state index contributed by atoms with van der Waals surface area (Å²) in [6.07, 6.45) is 14.9. The van der Waals surface area contributed by atoms with Crippen LogP contribution in [-0.2, 0) is 20.0 Å². The van der Waals surface area contributed by atoms with Gasteiger partial charge in [0, 0.05) is 34.0 Å². The number of amides is 1. The van der Waals surface area contributed by atoms with Gasteiger partial charge >= 0.3 is 5.97 Å². The molecule has 2 aromatic heterocycles. The zero-order chi connectivity index (χ0) is 46.7. The Morgan fingerprint density at radius 2 is 0.969 bits per heavy atom. The van der Waals surface area contributed by atoms with Crippen molar-refractivity contribution in [2.75, 3.05) is 22.0 Å². The zero-order valence-electron chi connectivity index (χ0n) is 37.5. The van der Waals surface area contributed by atoms with Gasteiger partial charge in [0.05, 0.1) is 57.4 Å². The Morgan fingerprint density at radius 1 is 0.585 bits per heavy atom. The van der Waals surface area contributed by atoms with Gasteiger partial charge in [-0.15, -0.1) is 0 Å². The van der Waals surface area contributed by atoms with Gasteiger partial charge in [-0.2, -0.15) is 0 Å². The first kappa shape index (κ1) is 48.6. The lowest BCUT2D eigenvalue weighted by Gasteiger charge is -2.29. The van der Waals surface area contributed by atoms with E-state index in [1.807, 2.05) is 67.6 Å². The molecule has 6 aromatic rings. The largest absolute Gasteiger partial charge is 0.478 e. The number of benzene rings is 4. The number of carboxylic acids is 1. The van der Waals surface area contributed by atoms with Crippen LogP contribution >= 0.6 is 0 Å². The van der Waals surface area contributed by atoms with Crippen LogP contribution in [0.3, 0.4) is 0 Å². The van der Waals surface area contributed by atoms with Gasteiger partial charge in [-0.1, -0.05) is 136 Å². The van der Waals surface area contributed by atoms with Crippen LogP contribution in [0.5, 0.6) is 0 Å². The van der Waals surface area contributed by atoms with Gasteiger partial charge in [-0.05, 0) is 63.5 Å². The van der Waals surface area contributed by atoms with Crippen molar-refractivity contribution < 1.29 is 31.5 Å². The fourth-order valence-corrected chi connectivity index (χ4v) is 9.89. The Morgan fingerprint density at radius 3 is 1.37 bits per heavy atom. The summed E-state index contributed by atoms with van der Waals surface area (Å²) in [5, 5.41) is 13.8. The molecule has 2 aliphatic carbocycles. The van der Waals surface area contributed by atoms with Crippen molar-refractivity contribution in [2.45, 2.75) is 90.1 Å². The molecule has 2 heterocycles. The summed E-state index contributed by atoms with van der Waals surface area (Å²) in [5.74, 6) is -0.249. The molecule has 1 amide bonds. The smallest absolute Gasteiger partial charge is 0.338 e. The van der Waals surface area contributed by atoms with E-state index in [2.05, 4.69) is 26.7 Å². The summed E-state index contributed by atoms with van der Waals surface area (Å²) in [6.45, 7) is 4.18. The topological polar surface area (TPSA) is 211 Å².